The van der Waals surface area contributed by atoms with Gasteiger partial charge in [0.05, 0.1) is 17.6 Å². The second-order valence-electron chi connectivity index (χ2n) is 8.05. The first-order chi connectivity index (χ1) is 13.0. The van der Waals surface area contributed by atoms with Crippen molar-refractivity contribution in [3.05, 3.63) is 36.0 Å². The van der Waals surface area contributed by atoms with Crippen molar-refractivity contribution in [2.45, 2.75) is 69.7 Å². The molecule has 0 amide bonds. The smallest absolute Gasteiger partial charge is 0.334 e. The highest BCUT2D eigenvalue weighted by Crippen LogP contribution is 2.50. The number of hydrogen-bond acceptors (Lipinski definition) is 7. The first kappa shape index (κ1) is 20.8. The lowest BCUT2D eigenvalue weighted by Gasteiger charge is -2.35. The van der Waals surface area contributed by atoms with E-state index in [0.29, 0.717) is 11.1 Å². The summed E-state index contributed by atoms with van der Waals surface area (Å²) in [5.41, 5.74) is 0.139. The molecule has 0 spiro atoms. The minimum absolute atomic E-state index is 0.176. The van der Waals surface area contributed by atoms with Gasteiger partial charge in [-0.25, -0.2) is 9.59 Å². The molecule has 0 aromatic heterocycles. The van der Waals surface area contributed by atoms with Gasteiger partial charge in [0.1, 0.15) is 12.2 Å². The number of esters is 2. The van der Waals surface area contributed by atoms with Gasteiger partial charge in [0, 0.05) is 37.5 Å². The molecule has 6 atom stereocenters. The van der Waals surface area contributed by atoms with Gasteiger partial charge in [0.25, 0.3) is 0 Å². The molecule has 2 bridgehead atoms. The van der Waals surface area contributed by atoms with Crippen LogP contribution in [0.5, 0.6) is 0 Å². The van der Waals surface area contributed by atoms with Crippen LogP contribution in [0.2, 0.25) is 0 Å². The van der Waals surface area contributed by atoms with Crippen molar-refractivity contribution >= 4 is 11.9 Å². The van der Waals surface area contributed by atoms with Crippen molar-refractivity contribution in [3.63, 3.8) is 0 Å². The van der Waals surface area contributed by atoms with Crippen LogP contribution in [0.4, 0.5) is 0 Å². The fourth-order valence-corrected chi connectivity index (χ4v) is 4.35. The summed E-state index contributed by atoms with van der Waals surface area (Å²) in [6.07, 6.45) is 0.429. The summed E-state index contributed by atoms with van der Waals surface area (Å²) in [7, 11) is 1.54. The van der Waals surface area contributed by atoms with E-state index >= 15 is 0 Å². The van der Waals surface area contributed by atoms with Gasteiger partial charge >= 0.3 is 11.9 Å². The molecular formula is C21H28O7. The number of rotatable bonds is 3. The van der Waals surface area contributed by atoms with Crippen molar-refractivity contribution in [2.24, 2.45) is 5.92 Å². The Labute approximate surface area is 165 Å². The third-order valence-corrected chi connectivity index (χ3v) is 6.17. The van der Waals surface area contributed by atoms with Crippen molar-refractivity contribution in [1.82, 2.24) is 0 Å². The van der Waals surface area contributed by atoms with Crippen LogP contribution in [0.15, 0.2) is 36.0 Å². The highest BCUT2D eigenvalue weighted by Gasteiger charge is 2.59. The molecule has 0 aliphatic carbocycles. The molecule has 0 aromatic rings. The Bertz CT molecular complexity index is 754. The monoisotopic (exact) mass is 392 g/mol. The van der Waals surface area contributed by atoms with Crippen LogP contribution in [-0.4, -0.2) is 53.9 Å². The molecule has 0 radical (unpaired) electrons. The van der Waals surface area contributed by atoms with E-state index in [9.17, 15) is 14.7 Å². The van der Waals surface area contributed by atoms with Gasteiger partial charge in [-0.05, 0) is 26.3 Å². The molecule has 7 nitrogen and oxygen atoms in total. The zero-order chi connectivity index (χ0) is 20.9. The summed E-state index contributed by atoms with van der Waals surface area (Å²) in [4.78, 5) is 24.7. The number of methoxy groups -OCH3 is 1. The Hall–Kier alpha value is -1.96. The second-order valence-corrected chi connectivity index (χ2v) is 8.05. The number of ether oxygens (including phenoxy) is 4. The van der Waals surface area contributed by atoms with Crippen molar-refractivity contribution < 1.29 is 33.6 Å². The Morgan fingerprint density at radius 2 is 2.04 bits per heavy atom. The molecule has 3 aliphatic heterocycles. The molecular weight excluding hydrogens is 364 g/mol. The molecule has 3 fully saturated rings. The van der Waals surface area contributed by atoms with Crippen LogP contribution in [0.1, 0.15) is 40.0 Å². The van der Waals surface area contributed by atoms with Gasteiger partial charge in [-0.2, -0.15) is 0 Å². The van der Waals surface area contributed by atoms with Crippen LogP contribution in [0.3, 0.4) is 0 Å². The number of aliphatic hydroxyl groups is 1. The van der Waals surface area contributed by atoms with E-state index in [2.05, 4.69) is 13.2 Å². The predicted molar refractivity (Wildman–Crippen MR) is 100 cm³/mol. The van der Waals surface area contributed by atoms with Gasteiger partial charge < -0.3 is 24.1 Å². The maximum atomic E-state index is 12.5. The van der Waals surface area contributed by atoms with Gasteiger partial charge in [-0.1, -0.05) is 19.2 Å². The number of hydrogen-bond donors (Lipinski definition) is 1. The van der Waals surface area contributed by atoms with Gasteiger partial charge in [0.2, 0.25) is 0 Å². The molecule has 6 unspecified atom stereocenters. The van der Waals surface area contributed by atoms with Crippen LogP contribution in [-0.2, 0) is 28.5 Å². The number of allylic oxidation sites excluding steroid dienone is 1. The largest absolute Gasteiger partial charge is 0.458 e. The SMILES string of the molecule is C=C1C(=O)OC2CC(=C)C3(O)CC(OC)C(C)(CC(OC(=O)C(C)=CC)C12)O3. The van der Waals surface area contributed by atoms with E-state index < -0.39 is 47.6 Å². The van der Waals surface area contributed by atoms with Crippen LogP contribution in [0, 0.1) is 5.92 Å². The van der Waals surface area contributed by atoms with Crippen LogP contribution >= 0.6 is 0 Å². The number of carbonyl (C=O) groups is 2. The fourth-order valence-electron chi connectivity index (χ4n) is 4.35. The fraction of sp³-hybridized carbons (Fsp3) is 0.619. The summed E-state index contributed by atoms with van der Waals surface area (Å²) in [6.45, 7) is 13.1. The first-order valence-corrected chi connectivity index (χ1v) is 9.42. The molecule has 3 heterocycles. The highest BCUT2D eigenvalue weighted by atomic mass is 16.7. The van der Waals surface area contributed by atoms with Gasteiger partial charge in [0.15, 0.2) is 5.79 Å². The summed E-state index contributed by atoms with van der Waals surface area (Å²) in [5, 5.41) is 11.1. The quantitative estimate of drug-likeness (QED) is 0.447. The second kappa shape index (κ2) is 7.13. The zero-order valence-electron chi connectivity index (χ0n) is 16.8. The zero-order valence-corrected chi connectivity index (χ0v) is 16.8. The lowest BCUT2D eigenvalue weighted by Crippen LogP contribution is -2.45. The summed E-state index contributed by atoms with van der Waals surface area (Å²) < 4.78 is 22.9. The van der Waals surface area contributed by atoms with Gasteiger partial charge in [-0.3, -0.25) is 0 Å². The minimum atomic E-state index is -1.60. The topological polar surface area (TPSA) is 91.3 Å². The molecule has 3 aliphatic rings. The maximum Gasteiger partial charge on any atom is 0.334 e. The molecule has 1 N–H and O–H groups in total. The Balaban J connectivity index is 2.04. The average molecular weight is 392 g/mol. The Morgan fingerprint density at radius 3 is 2.64 bits per heavy atom. The van der Waals surface area contributed by atoms with E-state index in [1.807, 2.05) is 0 Å². The Morgan fingerprint density at radius 1 is 1.36 bits per heavy atom. The van der Waals surface area contributed by atoms with Crippen molar-refractivity contribution in [1.29, 1.82) is 0 Å². The summed E-state index contributed by atoms with van der Waals surface area (Å²) in [5.74, 6) is -3.17. The van der Waals surface area contributed by atoms with E-state index in [4.69, 9.17) is 18.9 Å². The predicted octanol–water partition coefficient (Wildman–Crippen LogP) is 2.19. The third kappa shape index (κ3) is 3.32. The molecule has 3 rings (SSSR count). The average Bonchev–Trinajstić information content (AvgIpc) is 3.07. The normalized spacial score (nSPS) is 41.0. The summed E-state index contributed by atoms with van der Waals surface area (Å²) in [6, 6.07) is 0. The number of fused-ring (bicyclic) bond motifs is 3. The van der Waals surface area contributed by atoms with Gasteiger partial charge in [-0.15, -0.1) is 0 Å². The molecule has 0 aromatic carbocycles. The molecule has 28 heavy (non-hydrogen) atoms. The van der Waals surface area contributed by atoms with Crippen LogP contribution in [0.25, 0.3) is 0 Å². The van der Waals surface area contributed by atoms with E-state index in [-0.39, 0.29) is 24.8 Å². The molecule has 3 saturated heterocycles. The van der Waals surface area contributed by atoms with Crippen LogP contribution < -0.4 is 0 Å². The lowest BCUT2D eigenvalue weighted by molar-refractivity contribution is -0.209. The standard InChI is InChI=1S/C21H28O7/c1-7-11(2)18(22)27-15-9-20(5)16(25-6)10-21(24,28-20)12(3)8-14-17(15)13(4)19(23)26-14/h7,14-17,24H,3-4,8-10H2,1-2,5-6H3. The molecule has 0 saturated carbocycles. The third-order valence-electron chi connectivity index (χ3n) is 6.17. The van der Waals surface area contributed by atoms with E-state index in [0.717, 1.165) is 0 Å². The molecule has 7 heteroatoms. The lowest BCUT2D eigenvalue weighted by atomic mass is 9.79. The summed E-state index contributed by atoms with van der Waals surface area (Å²) >= 11 is 0. The number of carbonyl (C=O) groups excluding carboxylic acids is 2. The first-order valence-electron chi connectivity index (χ1n) is 9.42. The minimum Gasteiger partial charge on any atom is -0.458 e. The highest BCUT2D eigenvalue weighted by molar-refractivity contribution is 5.91. The van der Waals surface area contributed by atoms with Crippen molar-refractivity contribution in [3.8, 4) is 0 Å². The van der Waals surface area contributed by atoms with E-state index in [1.165, 1.54) is 0 Å². The maximum absolute atomic E-state index is 12.5. The Kier molecular flexibility index (Phi) is 5.29. The van der Waals surface area contributed by atoms with Crippen molar-refractivity contribution in [2.75, 3.05) is 7.11 Å². The van der Waals surface area contributed by atoms with E-state index in [1.54, 1.807) is 34.0 Å². The molecule has 154 valence electrons.